The summed E-state index contributed by atoms with van der Waals surface area (Å²) >= 11 is 0. The fourth-order valence-corrected chi connectivity index (χ4v) is 3.01. The second kappa shape index (κ2) is 6.78. The molecule has 0 radical (unpaired) electrons. The van der Waals surface area contributed by atoms with E-state index in [0.717, 1.165) is 6.42 Å². The first kappa shape index (κ1) is 15.6. The lowest BCUT2D eigenvalue weighted by molar-refractivity contribution is -0.148. The van der Waals surface area contributed by atoms with Crippen LogP contribution in [0.25, 0.3) is 0 Å². The van der Waals surface area contributed by atoms with Crippen LogP contribution in [0.1, 0.15) is 32.6 Å². The first-order valence-corrected chi connectivity index (χ1v) is 7.49. The molecule has 118 valence electrons. The van der Waals surface area contributed by atoms with E-state index in [2.05, 4.69) is 0 Å². The number of carboxylic acid groups (broad SMARTS) is 1. The number of esters is 1. The van der Waals surface area contributed by atoms with Crippen LogP contribution < -0.4 is 0 Å². The number of urea groups is 1. The number of nitrogens with zero attached hydrogens (tertiary/aromatic N) is 2. The molecule has 2 rings (SSSR count). The summed E-state index contributed by atoms with van der Waals surface area (Å²) in [5, 5.41) is 9.09. The summed E-state index contributed by atoms with van der Waals surface area (Å²) in [6.07, 6.45) is 2.66. The molecule has 0 aromatic carbocycles. The van der Waals surface area contributed by atoms with Crippen LogP contribution in [0.2, 0.25) is 0 Å². The van der Waals surface area contributed by atoms with Crippen LogP contribution >= 0.6 is 0 Å². The summed E-state index contributed by atoms with van der Waals surface area (Å²) < 4.78 is 5.01. The van der Waals surface area contributed by atoms with Crippen molar-refractivity contribution >= 4 is 18.0 Å². The Morgan fingerprint density at radius 1 is 1.19 bits per heavy atom. The van der Waals surface area contributed by atoms with Gasteiger partial charge in [0.1, 0.15) is 6.04 Å². The molecule has 0 aromatic rings. The number of aliphatic carboxylic acids is 1. The minimum atomic E-state index is -0.865. The molecule has 1 unspecified atom stereocenters. The van der Waals surface area contributed by atoms with E-state index < -0.39 is 17.9 Å². The Balaban J connectivity index is 2.01. The molecule has 2 heterocycles. The first-order chi connectivity index (χ1) is 10.0. The average molecular weight is 298 g/mol. The van der Waals surface area contributed by atoms with E-state index in [-0.39, 0.29) is 18.5 Å². The Hall–Kier alpha value is -1.79. The Labute approximate surface area is 123 Å². The number of amides is 2. The van der Waals surface area contributed by atoms with Crippen molar-refractivity contribution in [1.82, 2.24) is 9.80 Å². The zero-order chi connectivity index (χ0) is 15.4. The van der Waals surface area contributed by atoms with Gasteiger partial charge in [0.2, 0.25) is 0 Å². The lowest BCUT2D eigenvalue weighted by atomic mass is 9.98. The average Bonchev–Trinajstić information content (AvgIpc) is 2.96. The highest BCUT2D eigenvalue weighted by Crippen LogP contribution is 2.23. The minimum Gasteiger partial charge on any atom is -0.481 e. The van der Waals surface area contributed by atoms with Crippen molar-refractivity contribution in [2.75, 3.05) is 26.2 Å². The second-order valence-electron chi connectivity index (χ2n) is 5.51. The molecular formula is C14H22N2O5. The van der Waals surface area contributed by atoms with Crippen molar-refractivity contribution in [3.05, 3.63) is 0 Å². The molecular weight excluding hydrogens is 276 g/mol. The topological polar surface area (TPSA) is 87.2 Å². The number of hydrogen-bond acceptors (Lipinski definition) is 4. The van der Waals surface area contributed by atoms with E-state index >= 15 is 0 Å². The Morgan fingerprint density at radius 2 is 1.90 bits per heavy atom. The van der Waals surface area contributed by atoms with E-state index in [9.17, 15) is 14.4 Å². The van der Waals surface area contributed by atoms with Gasteiger partial charge < -0.3 is 19.6 Å². The first-order valence-electron chi connectivity index (χ1n) is 7.49. The number of hydrogen-bond donors (Lipinski definition) is 1. The number of piperidine rings is 1. The molecule has 2 atom stereocenters. The summed E-state index contributed by atoms with van der Waals surface area (Å²) in [7, 11) is 0. The Bertz CT molecular complexity index is 426. The second-order valence-corrected chi connectivity index (χ2v) is 5.51. The molecule has 7 heteroatoms. The molecule has 2 saturated heterocycles. The third kappa shape index (κ3) is 3.46. The van der Waals surface area contributed by atoms with E-state index in [1.165, 1.54) is 4.90 Å². The van der Waals surface area contributed by atoms with Crippen LogP contribution in [-0.4, -0.2) is 65.2 Å². The zero-order valence-corrected chi connectivity index (χ0v) is 12.3. The van der Waals surface area contributed by atoms with Gasteiger partial charge in [0.05, 0.1) is 12.5 Å². The molecule has 0 saturated carbocycles. The van der Waals surface area contributed by atoms with Crippen LogP contribution in [-0.2, 0) is 14.3 Å². The van der Waals surface area contributed by atoms with Gasteiger partial charge in [-0.15, -0.1) is 0 Å². The maximum absolute atomic E-state index is 12.5. The standard InChI is InChI=1S/C14H22N2O5/c1-2-21-13(19)11-6-4-8-16(11)14(20)15-7-3-5-10(9-15)12(17)18/h10-11H,2-9H2,1H3,(H,17,18)/t10-,11?/m1/s1. The number of ether oxygens (including phenoxy) is 1. The van der Waals surface area contributed by atoms with E-state index in [1.54, 1.807) is 11.8 Å². The lowest BCUT2D eigenvalue weighted by Gasteiger charge is -2.35. The zero-order valence-electron chi connectivity index (χ0n) is 12.3. The van der Waals surface area contributed by atoms with Gasteiger partial charge in [0.25, 0.3) is 0 Å². The van der Waals surface area contributed by atoms with Crippen molar-refractivity contribution in [3.8, 4) is 0 Å². The van der Waals surface area contributed by atoms with Gasteiger partial charge in [-0.25, -0.2) is 9.59 Å². The van der Waals surface area contributed by atoms with E-state index in [1.807, 2.05) is 0 Å². The lowest BCUT2D eigenvalue weighted by Crippen LogP contribution is -2.52. The minimum absolute atomic E-state index is 0.222. The number of carboxylic acids is 1. The van der Waals surface area contributed by atoms with Crippen molar-refractivity contribution in [1.29, 1.82) is 0 Å². The summed E-state index contributed by atoms with van der Waals surface area (Å²) in [5.41, 5.74) is 0. The molecule has 0 aliphatic carbocycles. The van der Waals surface area contributed by atoms with Crippen molar-refractivity contribution in [2.24, 2.45) is 5.92 Å². The molecule has 2 amide bonds. The summed E-state index contributed by atoms with van der Waals surface area (Å²) in [4.78, 5) is 38.6. The largest absolute Gasteiger partial charge is 0.481 e. The number of rotatable bonds is 3. The maximum Gasteiger partial charge on any atom is 0.328 e. The summed E-state index contributed by atoms with van der Waals surface area (Å²) in [6.45, 7) is 3.33. The van der Waals surface area contributed by atoms with Gasteiger partial charge in [-0.2, -0.15) is 0 Å². The third-order valence-corrected chi connectivity index (χ3v) is 4.10. The smallest absolute Gasteiger partial charge is 0.328 e. The molecule has 2 aliphatic heterocycles. The fourth-order valence-electron chi connectivity index (χ4n) is 3.01. The fraction of sp³-hybridized carbons (Fsp3) is 0.786. The van der Waals surface area contributed by atoms with Gasteiger partial charge in [-0.05, 0) is 32.6 Å². The SMILES string of the molecule is CCOC(=O)C1CCCN1C(=O)N1CCC[C@@H](C(=O)O)C1. The number of likely N-dealkylation sites (tertiary alicyclic amines) is 2. The van der Waals surface area contributed by atoms with Gasteiger partial charge in [0.15, 0.2) is 0 Å². The van der Waals surface area contributed by atoms with Crippen LogP contribution in [0.4, 0.5) is 4.79 Å². The van der Waals surface area contributed by atoms with Crippen LogP contribution in [0.5, 0.6) is 0 Å². The quantitative estimate of drug-likeness (QED) is 0.783. The predicted octanol–water partition coefficient (Wildman–Crippen LogP) is 0.930. The van der Waals surface area contributed by atoms with Crippen LogP contribution in [0, 0.1) is 5.92 Å². The monoisotopic (exact) mass is 298 g/mol. The van der Waals surface area contributed by atoms with Crippen molar-refractivity contribution in [2.45, 2.75) is 38.6 Å². The molecule has 0 bridgehead atoms. The van der Waals surface area contributed by atoms with Gasteiger partial charge in [-0.1, -0.05) is 0 Å². The van der Waals surface area contributed by atoms with Gasteiger partial charge in [0, 0.05) is 19.6 Å². The van der Waals surface area contributed by atoms with Gasteiger partial charge in [-0.3, -0.25) is 4.79 Å². The molecule has 2 aliphatic rings. The molecule has 2 fully saturated rings. The molecule has 0 aromatic heterocycles. The Morgan fingerprint density at radius 3 is 2.57 bits per heavy atom. The van der Waals surface area contributed by atoms with E-state index in [4.69, 9.17) is 9.84 Å². The predicted molar refractivity (Wildman–Crippen MR) is 73.7 cm³/mol. The van der Waals surface area contributed by atoms with Crippen molar-refractivity contribution < 1.29 is 24.2 Å². The number of carbonyl (C=O) groups is 3. The summed E-state index contributed by atoms with van der Waals surface area (Å²) in [6, 6.07) is -0.765. The molecule has 1 N–H and O–H groups in total. The van der Waals surface area contributed by atoms with Crippen molar-refractivity contribution in [3.63, 3.8) is 0 Å². The summed E-state index contributed by atoms with van der Waals surface area (Å²) in [5.74, 6) is -1.74. The highest BCUT2D eigenvalue weighted by molar-refractivity contribution is 5.84. The van der Waals surface area contributed by atoms with Crippen LogP contribution in [0.3, 0.4) is 0 Å². The third-order valence-electron chi connectivity index (χ3n) is 4.10. The van der Waals surface area contributed by atoms with Crippen LogP contribution in [0.15, 0.2) is 0 Å². The maximum atomic E-state index is 12.5. The Kier molecular flexibility index (Phi) is 5.03. The highest BCUT2D eigenvalue weighted by atomic mass is 16.5. The van der Waals surface area contributed by atoms with Gasteiger partial charge >= 0.3 is 18.0 Å². The molecule has 21 heavy (non-hydrogen) atoms. The molecule has 7 nitrogen and oxygen atoms in total. The molecule has 0 spiro atoms. The highest BCUT2D eigenvalue weighted by Gasteiger charge is 2.39. The number of carbonyl (C=O) groups excluding carboxylic acids is 2. The normalized spacial score (nSPS) is 25.8. The van der Waals surface area contributed by atoms with E-state index in [0.29, 0.717) is 39.0 Å².